The van der Waals surface area contributed by atoms with Crippen LogP contribution < -0.4 is 10.9 Å². The standard InChI is InChI=1S/C21H19ClF3N5O2/c22-16-5-3-14(4-6-16)17-13-30-19(32)15(11-18(31)27-9-2-8-26)12-29(20(30)28-17)10-1-7-21(23,24)25/h3-6,12-13H,1-2,7,9-11H2,(H,27,31). The Labute approximate surface area is 186 Å². The fraction of sp³-hybridized carbons (Fsp3) is 0.333. The zero-order valence-electron chi connectivity index (χ0n) is 16.8. The van der Waals surface area contributed by atoms with Gasteiger partial charge in [-0.2, -0.15) is 18.4 Å². The van der Waals surface area contributed by atoms with E-state index < -0.39 is 24.1 Å². The summed E-state index contributed by atoms with van der Waals surface area (Å²) in [4.78, 5) is 29.5. The van der Waals surface area contributed by atoms with E-state index in [0.717, 1.165) is 0 Å². The van der Waals surface area contributed by atoms with E-state index >= 15 is 0 Å². The number of carbonyl (C=O) groups excluding carboxylic acids is 1. The first-order chi connectivity index (χ1) is 15.2. The summed E-state index contributed by atoms with van der Waals surface area (Å²) in [6.45, 7) is 0.104. The Morgan fingerprint density at radius 1 is 1.22 bits per heavy atom. The molecule has 0 radical (unpaired) electrons. The van der Waals surface area contributed by atoms with Gasteiger partial charge in [0.15, 0.2) is 0 Å². The molecular weight excluding hydrogens is 447 g/mol. The normalized spacial score (nSPS) is 11.5. The average molecular weight is 466 g/mol. The molecule has 0 aliphatic carbocycles. The van der Waals surface area contributed by atoms with Crippen molar-refractivity contribution in [1.29, 1.82) is 5.26 Å². The summed E-state index contributed by atoms with van der Waals surface area (Å²) in [6.07, 6.45) is -2.79. The SMILES string of the molecule is N#CCCNC(=O)Cc1cn(CCCC(F)(F)F)c2nc(-c3ccc(Cl)cc3)cn2c1=O. The van der Waals surface area contributed by atoms with Crippen LogP contribution in [-0.4, -0.2) is 32.6 Å². The fourth-order valence-corrected chi connectivity index (χ4v) is 3.29. The van der Waals surface area contributed by atoms with Crippen molar-refractivity contribution in [3.05, 3.63) is 57.6 Å². The highest BCUT2D eigenvalue weighted by molar-refractivity contribution is 6.30. The molecule has 32 heavy (non-hydrogen) atoms. The molecule has 3 aromatic rings. The Morgan fingerprint density at radius 3 is 2.59 bits per heavy atom. The van der Waals surface area contributed by atoms with Crippen LogP contribution in [0.3, 0.4) is 0 Å². The summed E-state index contributed by atoms with van der Waals surface area (Å²) in [6, 6.07) is 8.64. The number of nitrogens with one attached hydrogen (secondary N) is 1. The predicted molar refractivity (Wildman–Crippen MR) is 112 cm³/mol. The molecule has 11 heteroatoms. The van der Waals surface area contributed by atoms with E-state index in [9.17, 15) is 22.8 Å². The highest BCUT2D eigenvalue weighted by Crippen LogP contribution is 2.23. The van der Waals surface area contributed by atoms with Gasteiger partial charge in [-0.1, -0.05) is 23.7 Å². The molecular formula is C21H19ClF3N5O2. The van der Waals surface area contributed by atoms with Crippen molar-refractivity contribution in [1.82, 2.24) is 19.3 Å². The largest absolute Gasteiger partial charge is 0.389 e. The van der Waals surface area contributed by atoms with Crippen LogP contribution in [0.1, 0.15) is 24.8 Å². The third-order valence-corrected chi connectivity index (χ3v) is 4.91. The van der Waals surface area contributed by atoms with Crippen LogP contribution in [-0.2, 0) is 17.8 Å². The maximum absolute atomic E-state index is 13.0. The van der Waals surface area contributed by atoms with Gasteiger partial charge < -0.3 is 9.88 Å². The van der Waals surface area contributed by atoms with Crippen molar-refractivity contribution in [3.63, 3.8) is 0 Å². The smallest absolute Gasteiger partial charge is 0.355 e. The van der Waals surface area contributed by atoms with E-state index in [-0.39, 0.29) is 43.7 Å². The number of amides is 1. The number of fused-ring (bicyclic) bond motifs is 1. The minimum atomic E-state index is -4.30. The van der Waals surface area contributed by atoms with Crippen LogP contribution in [0.5, 0.6) is 0 Å². The maximum atomic E-state index is 13.0. The quantitative estimate of drug-likeness (QED) is 0.513. The Bertz CT molecular complexity index is 1210. The van der Waals surface area contributed by atoms with Crippen molar-refractivity contribution in [2.24, 2.45) is 0 Å². The lowest BCUT2D eigenvalue weighted by molar-refractivity contribution is -0.135. The number of hydrogen-bond donors (Lipinski definition) is 1. The van der Waals surface area contributed by atoms with Crippen molar-refractivity contribution in [2.45, 2.75) is 38.4 Å². The van der Waals surface area contributed by atoms with E-state index in [1.807, 2.05) is 6.07 Å². The molecule has 0 aliphatic rings. The van der Waals surface area contributed by atoms with Crippen molar-refractivity contribution >= 4 is 23.3 Å². The number of halogens is 4. The molecule has 0 fully saturated rings. The minimum absolute atomic E-state index is 0.0383. The Balaban J connectivity index is 1.99. The van der Waals surface area contributed by atoms with Crippen LogP contribution in [0.25, 0.3) is 17.0 Å². The highest BCUT2D eigenvalue weighted by Gasteiger charge is 2.26. The molecule has 168 valence electrons. The molecule has 0 unspecified atom stereocenters. The van der Waals surface area contributed by atoms with Gasteiger partial charge in [-0.3, -0.25) is 14.0 Å². The lowest BCUT2D eigenvalue weighted by Crippen LogP contribution is -2.30. The summed E-state index contributed by atoms with van der Waals surface area (Å²) in [5.41, 5.74) is 0.739. The predicted octanol–water partition coefficient (Wildman–Crippen LogP) is 3.73. The van der Waals surface area contributed by atoms with Crippen LogP contribution >= 0.6 is 11.6 Å². The van der Waals surface area contributed by atoms with Crippen LogP contribution in [0.4, 0.5) is 13.2 Å². The zero-order chi connectivity index (χ0) is 23.3. The monoisotopic (exact) mass is 465 g/mol. The molecule has 2 heterocycles. The Kier molecular flexibility index (Phi) is 7.20. The van der Waals surface area contributed by atoms with Crippen molar-refractivity contribution in [2.75, 3.05) is 6.54 Å². The Morgan fingerprint density at radius 2 is 1.94 bits per heavy atom. The topological polar surface area (TPSA) is 92.2 Å². The number of benzene rings is 1. The lowest BCUT2D eigenvalue weighted by atomic mass is 10.2. The van der Waals surface area contributed by atoms with Gasteiger partial charge >= 0.3 is 6.18 Å². The van der Waals surface area contributed by atoms with E-state index in [4.69, 9.17) is 16.9 Å². The molecule has 1 amide bonds. The van der Waals surface area contributed by atoms with E-state index in [1.165, 1.54) is 21.4 Å². The molecule has 0 spiro atoms. The van der Waals surface area contributed by atoms with Gasteiger partial charge in [0, 0.05) is 48.1 Å². The van der Waals surface area contributed by atoms with Gasteiger partial charge in [-0.05, 0) is 18.6 Å². The van der Waals surface area contributed by atoms with Gasteiger partial charge in [0.1, 0.15) is 0 Å². The van der Waals surface area contributed by atoms with Gasteiger partial charge in [-0.25, -0.2) is 4.98 Å². The second-order valence-corrected chi connectivity index (χ2v) is 7.55. The lowest BCUT2D eigenvalue weighted by Gasteiger charge is -2.12. The second kappa shape index (κ2) is 9.87. The van der Waals surface area contributed by atoms with Crippen LogP contribution in [0.2, 0.25) is 5.02 Å². The maximum Gasteiger partial charge on any atom is 0.389 e. The molecule has 0 atom stereocenters. The summed E-state index contributed by atoms with van der Waals surface area (Å²) >= 11 is 5.91. The van der Waals surface area contributed by atoms with E-state index in [0.29, 0.717) is 16.3 Å². The number of imidazole rings is 1. The first-order valence-corrected chi connectivity index (χ1v) is 10.1. The molecule has 2 aromatic heterocycles. The molecule has 0 bridgehead atoms. The minimum Gasteiger partial charge on any atom is -0.355 e. The van der Waals surface area contributed by atoms with Gasteiger partial charge in [0.25, 0.3) is 5.56 Å². The Hall–Kier alpha value is -3.32. The number of carbonyl (C=O) groups is 1. The van der Waals surface area contributed by atoms with Crippen molar-refractivity contribution < 1.29 is 18.0 Å². The third kappa shape index (κ3) is 5.88. The first kappa shape index (κ1) is 23.3. The van der Waals surface area contributed by atoms with Crippen LogP contribution in [0.15, 0.2) is 41.5 Å². The number of hydrogen-bond acceptors (Lipinski definition) is 4. The second-order valence-electron chi connectivity index (χ2n) is 7.11. The number of aromatic nitrogens is 3. The van der Waals surface area contributed by atoms with Gasteiger partial charge in [0.05, 0.1) is 24.6 Å². The zero-order valence-corrected chi connectivity index (χ0v) is 17.6. The summed E-state index contributed by atoms with van der Waals surface area (Å²) in [5, 5.41) is 11.6. The molecule has 0 saturated carbocycles. The number of nitriles is 1. The van der Waals surface area contributed by atoms with E-state index in [2.05, 4.69) is 10.3 Å². The van der Waals surface area contributed by atoms with Crippen LogP contribution in [0, 0.1) is 11.3 Å². The van der Waals surface area contributed by atoms with Gasteiger partial charge in [0.2, 0.25) is 11.7 Å². The molecule has 0 aliphatic heterocycles. The molecule has 1 N–H and O–H groups in total. The van der Waals surface area contributed by atoms with Crippen molar-refractivity contribution in [3.8, 4) is 17.3 Å². The molecule has 3 rings (SSSR count). The summed E-state index contributed by atoms with van der Waals surface area (Å²) in [5.74, 6) is -0.285. The molecule has 7 nitrogen and oxygen atoms in total. The summed E-state index contributed by atoms with van der Waals surface area (Å²) in [7, 11) is 0. The number of aryl methyl sites for hydroxylation is 1. The first-order valence-electron chi connectivity index (χ1n) is 9.75. The average Bonchev–Trinajstić information content (AvgIpc) is 3.17. The number of rotatable bonds is 8. The molecule has 1 aromatic carbocycles. The van der Waals surface area contributed by atoms with E-state index in [1.54, 1.807) is 24.3 Å². The molecule has 0 saturated heterocycles. The summed E-state index contributed by atoms with van der Waals surface area (Å²) < 4.78 is 40.6. The van der Waals surface area contributed by atoms with Gasteiger partial charge in [-0.15, -0.1) is 0 Å². The fourth-order valence-electron chi connectivity index (χ4n) is 3.17. The third-order valence-electron chi connectivity index (χ3n) is 4.66. The number of alkyl halides is 3. The highest BCUT2D eigenvalue weighted by atomic mass is 35.5. The number of nitrogens with zero attached hydrogens (tertiary/aromatic N) is 4.